The first-order chi connectivity index (χ1) is 14.3. The molecule has 0 bridgehead atoms. The molecule has 30 heavy (non-hydrogen) atoms. The summed E-state index contributed by atoms with van der Waals surface area (Å²) in [7, 11) is 1.40. The number of halogens is 3. The van der Waals surface area contributed by atoms with Gasteiger partial charge in [0, 0.05) is 12.6 Å². The van der Waals surface area contributed by atoms with Crippen molar-refractivity contribution in [3.05, 3.63) is 47.2 Å². The third-order valence-corrected chi connectivity index (χ3v) is 5.16. The molecule has 1 aromatic carbocycles. The smallest absolute Gasteiger partial charge is 0.473 e. The highest BCUT2D eigenvalue weighted by molar-refractivity contribution is 5.75. The minimum Gasteiger partial charge on any atom is -0.473 e. The number of rotatable bonds is 8. The zero-order valence-corrected chi connectivity index (χ0v) is 17.0. The van der Waals surface area contributed by atoms with Gasteiger partial charge in [0.2, 0.25) is 5.88 Å². The monoisotopic (exact) mass is 425 g/mol. The van der Waals surface area contributed by atoms with Gasteiger partial charge in [-0.15, -0.1) is 0 Å². The van der Waals surface area contributed by atoms with E-state index in [1.165, 1.54) is 13.1 Å². The molecular formula is C21H26F3N3O3. The van der Waals surface area contributed by atoms with E-state index in [1.54, 1.807) is 4.68 Å². The summed E-state index contributed by atoms with van der Waals surface area (Å²) < 4.78 is 49.9. The molecule has 1 atom stereocenters. The van der Waals surface area contributed by atoms with Crippen molar-refractivity contribution < 1.29 is 27.4 Å². The average Bonchev–Trinajstić information content (AvgIpc) is 3.35. The SMILES string of the molecule is CNC(OC(=O)C(F)(F)F)c1cc(OCc2ccc(C)cc2)n(CC2CCCC2)n1. The second-order valence-corrected chi connectivity index (χ2v) is 7.59. The number of carbonyl (C=O) groups excluding carboxylic acids is 1. The fourth-order valence-electron chi connectivity index (χ4n) is 3.51. The molecule has 1 aliphatic carbocycles. The average molecular weight is 425 g/mol. The van der Waals surface area contributed by atoms with Crippen LogP contribution >= 0.6 is 0 Å². The number of aryl methyl sites for hydroxylation is 1. The van der Waals surface area contributed by atoms with Gasteiger partial charge in [0.1, 0.15) is 12.3 Å². The summed E-state index contributed by atoms with van der Waals surface area (Å²) in [5, 5.41) is 6.95. The minimum absolute atomic E-state index is 0.159. The van der Waals surface area contributed by atoms with Crippen molar-refractivity contribution in [2.75, 3.05) is 7.05 Å². The van der Waals surface area contributed by atoms with Crippen molar-refractivity contribution in [3.63, 3.8) is 0 Å². The number of esters is 1. The number of nitrogens with zero attached hydrogens (tertiary/aromatic N) is 2. The van der Waals surface area contributed by atoms with Crippen LogP contribution in [0, 0.1) is 12.8 Å². The van der Waals surface area contributed by atoms with Gasteiger partial charge in [-0.25, -0.2) is 9.48 Å². The molecule has 1 unspecified atom stereocenters. The van der Waals surface area contributed by atoms with Crippen LogP contribution in [0.1, 0.15) is 48.7 Å². The van der Waals surface area contributed by atoms with E-state index >= 15 is 0 Å². The quantitative estimate of drug-likeness (QED) is 0.505. The van der Waals surface area contributed by atoms with Gasteiger partial charge < -0.3 is 9.47 Å². The van der Waals surface area contributed by atoms with Gasteiger partial charge in [0.25, 0.3) is 0 Å². The number of benzene rings is 1. The van der Waals surface area contributed by atoms with Crippen LogP contribution in [-0.4, -0.2) is 29.0 Å². The molecule has 1 heterocycles. The lowest BCUT2D eigenvalue weighted by molar-refractivity contribution is -0.206. The number of hydrogen-bond donors (Lipinski definition) is 1. The Balaban J connectivity index is 1.78. The fraction of sp³-hybridized carbons (Fsp3) is 0.524. The molecule has 0 radical (unpaired) electrons. The highest BCUT2D eigenvalue weighted by atomic mass is 19.4. The maximum atomic E-state index is 12.6. The van der Waals surface area contributed by atoms with Crippen molar-refractivity contribution in [1.82, 2.24) is 15.1 Å². The van der Waals surface area contributed by atoms with Crippen molar-refractivity contribution in [2.45, 2.75) is 58.2 Å². The maximum absolute atomic E-state index is 12.6. The number of hydrogen-bond acceptors (Lipinski definition) is 5. The van der Waals surface area contributed by atoms with Gasteiger partial charge in [-0.3, -0.25) is 5.32 Å². The van der Waals surface area contributed by atoms with Crippen LogP contribution in [0.3, 0.4) is 0 Å². The van der Waals surface area contributed by atoms with Crippen molar-refractivity contribution in [1.29, 1.82) is 0 Å². The molecule has 0 spiro atoms. The van der Waals surface area contributed by atoms with Gasteiger partial charge in [0.05, 0.1) is 0 Å². The molecule has 164 valence electrons. The molecular weight excluding hydrogens is 399 g/mol. The molecule has 0 saturated heterocycles. The molecule has 0 amide bonds. The fourth-order valence-corrected chi connectivity index (χ4v) is 3.51. The third kappa shape index (κ3) is 5.75. The molecule has 3 rings (SSSR count). The maximum Gasteiger partial charge on any atom is 0.490 e. The molecule has 9 heteroatoms. The lowest BCUT2D eigenvalue weighted by atomic mass is 10.1. The van der Waals surface area contributed by atoms with E-state index in [4.69, 9.17) is 4.74 Å². The number of aromatic nitrogens is 2. The van der Waals surface area contributed by atoms with Gasteiger partial charge in [-0.05, 0) is 38.3 Å². The summed E-state index contributed by atoms with van der Waals surface area (Å²) in [6, 6.07) is 9.39. The van der Waals surface area contributed by atoms with E-state index < -0.39 is 18.4 Å². The standard InChI is InChI=1S/C21H26F3N3O3/c1-14-7-9-16(10-8-14)13-29-18-11-17(19(25-2)30-20(28)21(22,23)24)26-27(18)12-15-5-3-4-6-15/h7-11,15,19,25H,3-6,12-13H2,1-2H3. The second-order valence-electron chi connectivity index (χ2n) is 7.59. The van der Waals surface area contributed by atoms with E-state index in [-0.39, 0.29) is 5.69 Å². The van der Waals surface area contributed by atoms with E-state index in [2.05, 4.69) is 15.2 Å². The molecule has 0 aliphatic heterocycles. The summed E-state index contributed by atoms with van der Waals surface area (Å²) >= 11 is 0. The first-order valence-electron chi connectivity index (χ1n) is 9.97. The van der Waals surface area contributed by atoms with E-state index in [9.17, 15) is 18.0 Å². The molecule has 1 fully saturated rings. The van der Waals surface area contributed by atoms with Gasteiger partial charge in [-0.2, -0.15) is 18.3 Å². The predicted octanol–water partition coefficient (Wildman–Crippen LogP) is 4.28. The van der Waals surface area contributed by atoms with Crippen molar-refractivity contribution >= 4 is 5.97 Å². The zero-order valence-electron chi connectivity index (χ0n) is 17.0. The van der Waals surface area contributed by atoms with Gasteiger partial charge in [0.15, 0.2) is 6.23 Å². The van der Waals surface area contributed by atoms with Gasteiger partial charge in [-0.1, -0.05) is 42.7 Å². The number of alkyl halides is 3. The van der Waals surface area contributed by atoms with E-state index in [1.807, 2.05) is 31.2 Å². The molecule has 1 aliphatic rings. The predicted molar refractivity (Wildman–Crippen MR) is 104 cm³/mol. The van der Waals surface area contributed by atoms with Crippen molar-refractivity contribution in [2.24, 2.45) is 5.92 Å². The van der Waals surface area contributed by atoms with Crippen LogP contribution in [0.5, 0.6) is 5.88 Å². The first-order valence-corrected chi connectivity index (χ1v) is 9.97. The number of carbonyl (C=O) groups is 1. The van der Waals surface area contributed by atoms with E-state index in [0.717, 1.165) is 36.8 Å². The Hall–Kier alpha value is -2.55. The number of ether oxygens (including phenoxy) is 2. The van der Waals surface area contributed by atoms with Crippen LogP contribution in [0.25, 0.3) is 0 Å². The highest BCUT2D eigenvalue weighted by Gasteiger charge is 2.42. The molecule has 1 saturated carbocycles. The van der Waals surface area contributed by atoms with Crippen molar-refractivity contribution in [3.8, 4) is 5.88 Å². The Bertz CT molecular complexity index is 843. The zero-order chi connectivity index (χ0) is 21.7. The summed E-state index contributed by atoms with van der Waals surface area (Å²) in [5.74, 6) is -1.40. The Kier molecular flexibility index (Phi) is 7.02. The Morgan fingerprint density at radius 2 is 1.93 bits per heavy atom. The van der Waals surface area contributed by atoms with Crippen LogP contribution in [0.2, 0.25) is 0 Å². The largest absolute Gasteiger partial charge is 0.490 e. The van der Waals surface area contributed by atoms with Crippen LogP contribution in [0.15, 0.2) is 30.3 Å². The van der Waals surface area contributed by atoms with Crippen LogP contribution in [0.4, 0.5) is 13.2 Å². The lowest BCUT2D eigenvalue weighted by Crippen LogP contribution is -2.31. The highest BCUT2D eigenvalue weighted by Crippen LogP contribution is 2.30. The first kappa shape index (κ1) is 22.1. The Morgan fingerprint density at radius 1 is 1.27 bits per heavy atom. The molecule has 1 aromatic heterocycles. The number of nitrogens with one attached hydrogen (secondary N) is 1. The third-order valence-electron chi connectivity index (χ3n) is 5.16. The van der Waals surface area contributed by atoms with Crippen LogP contribution in [-0.2, 0) is 22.7 Å². The molecule has 2 aromatic rings. The summed E-state index contributed by atoms with van der Waals surface area (Å²) in [4.78, 5) is 11.3. The summed E-state index contributed by atoms with van der Waals surface area (Å²) in [6.45, 7) is 2.89. The molecule has 1 N–H and O–H groups in total. The lowest BCUT2D eigenvalue weighted by Gasteiger charge is -2.16. The normalized spacial score (nSPS) is 15.9. The molecule has 6 nitrogen and oxygen atoms in total. The van der Waals surface area contributed by atoms with E-state index in [0.29, 0.717) is 24.9 Å². The Labute approximate surface area is 173 Å². The van der Waals surface area contributed by atoms with Crippen LogP contribution < -0.4 is 10.1 Å². The summed E-state index contributed by atoms with van der Waals surface area (Å²) in [6.07, 6.45) is -1.95. The minimum atomic E-state index is -5.08. The second kappa shape index (κ2) is 9.51. The summed E-state index contributed by atoms with van der Waals surface area (Å²) in [5.41, 5.74) is 2.26. The Morgan fingerprint density at radius 3 is 2.53 bits per heavy atom. The van der Waals surface area contributed by atoms with Gasteiger partial charge >= 0.3 is 12.1 Å². The topological polar surface area (TPSA) is 65.4 Å².